The van der Waals surface area contributed by atoms with Crippen molar-refractivity contribution in [2.45, 2.75) is 56.5 Å². The summed E-state index contributed by atoms with van der Waals surface area (Å²) in [5.41, 5.74) is 0.608. The van der Waals surface area contributed by atoms with Gasteiger partial charge in [0.15, 0.2) is 5.78 Å². The van der Waals surface area contributed by atoms with Gasteiger partial charge in [0.25, 0.3) is 0 Å². The van der Waals surface area contributed by atoms with Crippen molar-refractivity contribution in [3.05, 3.63) is 64.1 Å². The lowest BCUT2D eigenvalue weighted by Gasteiger charge is -2.29. The summed E-state index contributed by atoms with van der Waals surface area (Å²) in [6.07, 6.45) is 1.58. The molecule has 9 heteroatoms. The molecule has 178 valence electrons. The number of benzene rings is 2. The predicted octanol–water partition coefficient (Wildman–Crippen LogP) is 4.49. The molecular weight excluding hydrogens is 483 g/mol. The smallest absolute Gasteiger partial charge is 0.241 e. The Morgan fingerprint density at radius 2 is 1.82 bits per heavy atom. The molecule has 1 N–H and O–H groups in total. The number of carbonyl (C=O) groups is 2. The Labute approximate surface area is 205 Å². The van der Waals surface area contributed by atoms with Crippen LogP contribution in [-0.2, 0) is 26.0 Å². The SMILES string of the molecule is CC(C)C[C@H](NS(=O)(=O)c1ccccc1)C(=O)N1CCC[C@H]1C(=O)Cc1cc(Cl)ccc1Cl. The number of nitrogens with zero attached hydrogens (tertiary/aromatic N) is 1. The van der Waals surface area contributed by atoms with Gasteiger partial charge in [-0.25, -0.2) is 8.42 Å². The molecule has 0 aliphatic carbocycles. The van der Waals surface area contributed by atoms with Crippen LogP contribution in [0.1, 0.15) is 38.7 Å². The molecule has 1 aliphatic rings. The molecule has 0 unspecified atom stereocenters. The van der Waals surface area contributed by atoms with Crippen LogP contribution in [0.5, 0.6) is 0 Å². The van der Waals surface area contributed by atoms with E-state index in [1.165, 1.54) is 17.0 Å². The van der Waals surface area contributed by atoms with Crippen LogP contribution in [0.2, 0.25) is 10.0 Å². The molecule has 1 amide bonds. The molecule has 33 heavy (non-hydrogen) atoms. The van der Waals surface area contributed by atoms with Gasteiger partial charge in [-0.2, -0.15) is 4.72 Å². The minimum absolute atomic E-state index is 0.0540. The van der Waals surface area contributed by atoms with Gasteiger partial charge in [-0.05, 0) is 61.1 Å². The van der Waals surface area contributed by atoms with Gasteiger partial charge in [0, 0.05) is 23.0 Å². The predicted molar refractivity (Wildman–Crippen MR) is 130 cm³/mol. The molecule has 2 aromatic carbocycles. The number of hydrogen-bond acceptors (Lipinski definition) is 4. The summed E-state index contributed by atoms with van der Waals surface area (Å²) in [6, 6.07) is 11.3. The maximum Gasteiger partial charge on any atom is 0.241 e. The molecule has 0 spiro atoms. The Morgan fingerprint density at radius 3 is 2.48 bits per heavy atom. The number of ketones is 1. The van der Waals surface area contributed by atoms with Crippen LogP contribution in [0.15, 0.2) is 53.4 Å². The number of carbonyl (C=O) groups excluding carboxylic acids is 2. The molecule has 2 aromatic rings. The second-order valence-corrected chi connectivity index (χ2v) is 11.2. The summed E-state index contributed by atoms with van der Waals surface area (Å²) in [4.78, 5) is 28.2. The maximum absolute atomic E-state index is 13.5. The second kappa shape index (κ2) is 11.0. The van der Waals surface area contributed by atoms with Crippen LogP contribution in [-0.4, -0.2) is 43.6 Å². The standard InChI is InChI=1S/C24H28Cl2N2O4S/c1-16(2)13-21(27-33(31,32)19-7-4-3-5-8-19)24(30)28-12-6-9-22(28)23(29)15-17-14-18(25)10-11-20(17)26/h3-5,7-8,10-11,14,16,21-22,27H,6,9,12-13,15H2,1-2H3/t21-,22-/m0/s1. The first kappa shape index (κ1) is 25.7. The number of nitrogens with one attached hydrogen (secondary N) is 1. The molecule has 6 nitrogen and oxygen atoms in total. The number of Topliss-reactive ketones (excluding diaryl/α,β-unsaturated/α-hetero) is 1. The van der Waals surface area contributed by atoms with Crippen molar-refractivity contribution in [3.63, 3.8) is 0 Å². The summed E-state index contributed by atoms with van der Waals surface area (Å²) in [6.45, 7) is 4.25. The van der Waals surface area contributed by atoms with E-state index in [2.05, 4.69) is 4.72 Å². The summed E-state index contributed by atoms with van der Waals surface area (Å²) in [7, 11) is -3.89. The normalized spacial score (nSPS) is 17.4. The van der Waals surface area contributed by atoms with E-state index in [4.69, 9.17) is 23.2 Å². The van der Waals surface area contributed by atoms with Crippen molar-refractivity contribution < 1.29 is 18.0 Å². The quantitative estimate of drug-likeness (QED) is 0.538. The van der Waals surface area contributed by atoms with Crippen LogP contribution in [0.4, 0.5) is 0 Å². The molecule has 1 fully saturated rings. The van der Waals surface area contributed by atoms with E-state index in [-0.39, 0.29) is 28.9 Å². The fraction of sp³-hybridized carbons (Fsp3) is 0.417. The van der Waals surface area contributed by atoms with E-state index in [1.54, 1.807) is 36.4 Å². The van der Waals surface area contributed by atoms with Crippen molar-refractivity contribution in [2.75, 3.05) is 6.54 Å². The van der Waals surface area contributed by atoms with E-state index >= 15 is 0 Å². The van der Waals surface area contributed by atoms with Crippen LogP contribution in [0, 0.1) is 5.92 Å². The van der Waals surface area contributed by atoms with Crippen molar-refractivity contribution in [1.29, 1.82) is 0 Å². The first-order valence-electron chi connectivity index (χ1n) is 10.9. The molecule has 1 aliphatic heterocycles. The van der Waals surface area contributed by atoms with Gasteiger partial charge in [-0.15, -0.1) is 0 Å². The highest BCUT2D eigenvalue weighted by atomic mass is 35.5. The third kappa shape index (κ3) is 6.57. The topological polar surface area (TPSA) is 83.6 Å². The Morgan fingerprint density at radius 1 is 1.12 bits per heavy atom. The van der Waals surface area contributed by atoms with E-state index in [0.29, 0.717) is 41.4 Å². The molecule has 0 radical (unpaired) electrons. The average molecular weight is 511 g/mol. The lowest BCUT2D eigenvalue weighted by Crippen LogP contribution is -2.52. The molecule has 0 saturated carbocycles. The summed E-state index contributed by atoms with van der Waals surface area (Å²) in [5.74, 6) is -0.449. The van der Waals surface area contributed by atoms with Gasteiger partial charge in [-0.1, -0.05) is 55.2 Å². The zero-order chi connectivity index (χ0) is 24.2. The van der Waals surface area contributed by atoms with E-state index in [9.17, 15) is 18.0 Å². The Balaban J connectivity index is 1.80. The number of likely N-dealkylation sites (tertiary alicyclic amines) is 1. The van der Waals surface area contributed by atoms with Crippen molar-refractivity contribution >= 4 is 44.9 Å². The summed E-state index contributed by atoms with van der Waals surface area (Å²) < 4.78 is 28.4. The summed E-state index contributed by atoms with van der Waals surface area (Å²) in [5, 5.41) is 0.922. The van der Waals surface area contributed by atoms with Gasteiger partial charge < -0.3 is 4.90 Å². The third-order valence-corrected chi connectivity index (χ3v) is 7.73. The second-order valence-electron chi connectivity index (χ2n) is 8.68. The van der Waals surface area contributed by atoms with Crippen molar-refractivity contribution in [1.82, 2.24) is 9.62 Å². The fourth-order valence-corrected chi connectivity index (χ4v) is 5.68. The molecule has 1 heterocycles. The molecule has 3 rings (SSSR count). The average Bonchev–Trinajstić information content (AvgIpc) is 3.25. The number of halogens is 2. The highest BCUT2D eigenvalue weighted by molar-refractivity contribution is 7.89. The number of rotatable bonds is 9. The first-order chi connectivity index (χ1) is 15.6. The van der Waals surface area contributed by atoms with Gasteiger partial charge in [-0.3, -0.25) is 9.59 Å². The van der Waals surface area contributed by atoms with Gasteiger partial charge in [0.1, 0.15) is 6.04 Å². The van der Waals surface area contributed by atoms with Crippen LogP contribution >= 0.6 is 23.2 Å². The van der Waals surface area contributed by atoms with Gasteiger partial charge >= 0.3 is 0 Å². The van der Waals surface area contributed by atoms with Crippen LogP contribution in [0.25, 0.3) is 0 Å². The highest BCUT2D eigenvalue weighted by Gasteiger charge is 2.38. The lowest BCUT2D eigenvalue weighted by atomic mass is 10.00. The molecular formula is C24H28Cl2N2O4S. The van der Waals surface area contributed by atoms with E-state index < -0.39 is 22.1 Å². The van der Waals surface area contributed by atoms with Gasteiger partial charge in [0.05, 0.1) is 10.9 Å². The highest BCUT2D eigenvalue weighted by Crippen LogP contribution is 2.26. The van der Waals surface area contributed by atoms with Crippen LogP contribution in [0.3, 0.4) is 0 Å². The first-order valence-corrected chi connectivity index (χ1v) is 13.2. The van der Waals surface area contributed by atoms with Crippen molar-refractivity contribution in [2.24, 2.45) is 5.92 Å². The number of hydrogen-bond donors (Lipinski definition) is 1. The Hall–Kier alpha value is -1.93. The van der Waals surface area contributed by atoms with E-state index in [0.717, 1.165) is 0 Å². The number of sulfonamides is 1. The molecule has 2 atom stereocenters. The third-order valence-electron chi connectivity index (χ3n) is 5.64. The Kier molecular flexibility index (Phi) is 8.56. The zero-order valence-electron chi connectivity index (χ0n) is 18.6. The van der Waals surface area contributed by atoms with E-state index in [1.807, 2.05) is 13.8 Å². The number of amides is 1. The Bertz CT molecular complexity index is 1110. The minimum atomic E-state index is -3.89. The van der Waals surface area contributed by atoms with Crippen LogP contribution < -0.4 is 4.72 Å². The largest absolute Gasteiger partial charge is 0.331 e. The maximum atomic E-state index is 13.5. The molecule has 0 aromatic heterocycles. The zero-order valence-corrected chi connectivity index (χ0v) is 21.0. The fourth-order valence-electron chi connectivity index (χ4n) is 4.08. The minimum Gasteiger partial charge on any atom is -0.331 e. The summed E-state index contributed by atoms with van der Waals surface area (Å²) >= 11 is 12.3. The monoisotopic (exact) mass is 510 g/mol. The van der Waals surface area contributed by atoms with Crippen molar-refractivity contribution in [3.8, 4) is 0 Å². The molecule has 0 bridgehead atoms. The van der Waals surface area contributed by atoms with Gasteiger partial charge in [0.2, 0.25) is 15.9 Å². The molecule has 1 saturated heterocycles. The lowest BCUT2D eigenvalue weighted by molar-refractivity contribution is -0.139.